The van der Waals surface area contributed by atoms with Gasteiger partial charge in [-0.3, -0.25) is 4.99 Å². The lowest BCUT2D eigenvalue weighted by Crippen LogP contribution is -2.39. The van der Waals surface area contributed by atoms with E-state index in [0.717, 1.165) is 31.2 Å². The number of aliphatic imine (C=N–C) groups is 1. The molecule has 5 nitrogen and oxygen atoms in total. The summed E-state index contributed by atoms with van der Waals surface area (Å²) in [5.41, 5.74) is 1.20. The molecule has 1 rings (SSSR count). The third-order valence-electron chi connectivity index (χ3n) is 2.78. The molecule has 21 heavy (non-hydrogen) atoms. The lowest BCUT2D eigenvalue weighted by atomic mass is 10.1. The first-order chi connectivity index (χ1) is 9.81. The molecule has 1 aromatic carbocycles. The van der Waals surface area contributed by atoms with Crippen molar-refractivity contribution in [3.8, 4) is 5.75 Å². The van der Waals surface area contributed by atoms with E-state index in [1.54, 1.807) is 14.2 Å². The van der Waals surface area contributed by atoms with Crippen molar-refractivity contribution in [3.63, 3.8) is 0 Å². The van der Waals surface area contributed by atoms with Gasteiger partial charge < -0.3 is 20.1 Å². The lowest BCUT2D eigenvalue weighted by molar-refractivity contribution is 0.203. The maximum absolute atomic E-state index is 5.61. The van der Waals surface area contributed by atoms with Gasteiger partial charge in [0.15, 0.2) is 5.96 Å². The summed E-state index contributed by atoms with van der Waals surface area (Å²) in [4.78, 5) is 4.16. The summed E-state index contributed by atoms with van der Waals surface area (Å²) in [6, 6.07) is 8.12. The first kappa shape index (κ1) is 20.0. The fourth-order valence-corrected chi connectivity index (χ4v) is 1.81. The quantitative estimate of drug-likeness (QED) is 0.300. The van der Waals surface area contributed by atoms with Gasteiger partial charge in [-0.2, -0.15) is 0 Å². The maximum atomic E-state index is 5.61. The second-order valence-electron chi connectivity index (χ2n) is 4.21. The van der Waals surface area contributed by atoms with E-state index < -0.39 is 0 Å². The highest BCUT2D eigenvalue weighted by atomic mass is 127. The van der Waals surface area contributed by atoms with Gasteiger partial charge in [-0.15, -0.1) is 24.0 Å². The molecule has 0 aromatic heterocycles. The van der Waals surface area contributed by atoms with E-state index in [1.165, 1.54) is 5.56 Å². The van der Waals surface area contributed by atoms with Gasteiger partial charge in [0.25, 0.3) is 0 Å². The Bertz CT molecular complexity index is 414. The van der Waals surface area contributed by atoms with E-state index in [4.69, 9.17) is 9.47 Å². The number of ether oxygens (including phenoxy) is 2. The molecule has 0 saturated carbocycles. The zero-order valence-corrected chi connectivity index (χ0v) is 15.3. The number of halogens is 1. The van der Waals surface area contributed by atoms with E-state index in [1.807, 2.05) is 25.1 Å². The largest absolute Gasteiger partial charge is 0.494 e. The van der Waals surface area contributed by atoms with Gasteiger partial charge in [0.05, 0.1) is 13.2 Å². The van der Waals surface area contributed by atoms with Crippen LogP contribution in [0.1, 0.15) is 12.5 Å². The first-order valence-corrected chi connectivity index (χ1v) is 6.96. The van der Waals surface area contributed by atoms with Crippen LogP contribution in [0.2, 0.25) is 0 Å². The Balaban J connectivity index is 0.00000400. The molecule has 0 aliphatic rings. The molecule has 0 saturated heterocycles. The smallest absolute Gasteiger partial charge is 0.191 e. The van der Waals surface area contributed by atoms with Gasteiger partial charge in [-0.25, -0.2) is 0 Å². The zero-order valence-electron chi connectivity index (χ0n) is 13.0. The number of guanidine groups is 1. The molecule has 0 bridgehead atoms. The number of hydrogen-bond acceptors (Lipinski definition) is 3. The maximum Gasteiger partial charge on any atom is 0.191 e. The highest BCUT2D eigenvalue weighted by Gasteiger charge is 2.03. The van der Waals surface area contributed by atoms with E-state index in [0.29, 0.717) is 13.2 Å². The second kappa shape index (κ2) is 12.7. The van der Waals surface area contributed by atoms with Crippen LogP contribution >= 0.6 is 24.0 Å². The number of nitrogens with zero attached hydrogens (tertiary/aromatic N) is 1. The topological polar surface area (TPSA) is 54.9 Å². The van der Waals surface area contributed by atoms with Crippen molar-refractivity contribution in [2.24, 2.45) is 4.99 Å². The Kier molecular flexibility index (Phi) is 12.1. The monoisotopic (exact) mass is 407 g/mol. The van der Waals surface area contributed by atoms with Crippen molar-refractivity contribution in [1.29, 1.82) is 0 Å². The number of methoxy groups -OCH3 is 1. The predicted molar refractivity (Wildman–Crippen MR) is 98.0 cm³/mol. The molecule has 6 heteroatoms. The van der Waals surface area contributed by atoms with Gasteiger partial charge in [-0.1, -0.05) is 18.2 Å². The van der Waals surface area contributed by atoms with Crippen molar-refractivity contribution in [2.75, 3.05) is 40.5 Å². The van der Waals surface area contributed by atoms with Crippen molar-refractivity contribution in [2.45, 2.75) is 13.3 Å². The van der Waals surface area contributed by atoms with Gasteiger partial charge in [0.1, 0.15) is 5.75 Å². The molecule has 0 aliphatic carbocycles. The third kappa shape index (κ3) is 8.11. The third-order valence-corrected chi connectivity index (χ3v) is 2.78. The molecule has 1 aromatic rings. The van der Waals surface area contributed by atoms with Gasteiger partial charge in [0.2, 0.25) is 0 Å². The molecule has 120 valence electrons. The minimum Gasteiger partial charge on any atom is -0.494 e. The number of para-hydroxylation sites is 1. The van der Waals surface area contributed by atoms with Crippen molar-refractivity contribution < 1.29 is 9.47 Å². The number of benzene rings is 1. The van der Waals surface area contributed by atoms with Crippen molar-refractivity contribution >= 4 is 29.9 Å². The van der Waals surface area contributed by atoms with Crippen LogP contribution in [-0.4, -0.2) is 46.4 Å². The summed E-state index contributed by atoms with van der Waals surface area (Å²) in [6.07, 6.45) is 0.890. The molecular weight excluding hydrogens is 381 g/mol. The molecule has 0 amide bonds. The van der Waals surface area contributed by atoms with Crippen LogP contribution in [0.15, 0.2) is 29.3 Å². The fraction of sp³-hybridized carbons (Fsp3) is 0.533. The van der Waals surface area contributed by atoms with Crippen LogP contribution in [0.5, 0.6) is 5.75 Å². The SMILES string of the molecule is CCOc1ccccc1CCNC(=NC)NCCOC.I. The minimum absolute atomic E-state index is 0. The molecule has 0 aliphatic heterocycles. The summed E-state index contributed by atoms with van der Waals surface area (Å²) in [7, 11) is 3.44. The molecule has 0 spiro atoms. The molecule has 0 atom stereocenters. The van der Waals surface area contributed by atoms with Crippen LogP contribution in [-0.2, 0) is 11.2 Å². The van der Waals surface area contributed by atoms with Crippen LogP contribution in [0.4, 0.5) is 0 Å². The van der Waals surface area contributed by atoms with Crippen LogP contribution in [0, 0.1) is 0 Å². The normalized spacial score (nSPS) is 10.7. The highest BCUT2D eigenvalue weighted by molar-refractivity contribution is 14.0. The zero-order chi connectivity index (χ0) is 14.6. The Morgan fingerprint density at radius 3 is 2.57 bits per heavy atom. The summed E-state index contributed by atoms with van der Waals surface area (Å²) in [5, 5.41) is 6.45. The Morgan fingerprint density at radius 2 is 1.90 bits per heavy atom. The minimum atomic E-state index is 0. The van der Waals surface area contributed by atoms with Crippen LogP contribution in [0.25, 0.3) is 0 Å². The molecule has 0 heterocycles. The standard InChI is InChI=1S/C15H25N3O2.HI/c1-4-20-14-8-6-5-7-13(14)9-10-17-15(16-2)18-11-12-19-3;/h5-8H,4,9-12H2,1-3H3,(H2,16,17,18);1H. The van der Waals surface area contributed by atoms with E-state index in [9.17, 15) is 0 Å². The van der Waals surface area contributed by atoms with Crippen LogP contribution < -0.4 is 15.4 Å². The molecule has 0 radical (unpaired) electrons. The van der Waals surface area contributed by atoms with Crippen molar-refractivity contribution in [3.05, 3.63) is 29.8 Å². The molecule has 0 unspecified atom stereocenters. The average molecular weight is 407 g/mol. The lowest BCUT2D eigenvalue weighted by Gasteiger charge is -2.13. The van der Waals surface area contributed by atoms with Crippen molar-refractivity contribution in [1.82, 2.24) is 10.6 Å². The Hall–Kier alpha value is -1.02. The van der Waals surface area contributed by atoms with Gasteiger partial charge >= 0.3 is 0 Å². The van der Waals surface area contributed by atoms with E-state index in [2.05, 4.69) is 21.7 Å². The Morgan fingerprint density at radius 1 is 1.19 bits per heavy atom. The van der Waals surface area contributed by atoms with Crippen LogP contribution in [0.3, 0.4) is 0 Å². The number of rotatable bonds is 8. The second-order valence-corrected chi connectivity index (χ2v) is 4.21. The molecule has 0 fully saturated rings. The first-order valence-electron chi connectivity index (χ1n) is 6.96. The predicted octanol–water partition coefficient (Wildman–Crippen LogP) is 2.06. The summed E-state index contributed by atoms with van der Waals surface area (Å²) < 4.78 is 10.6. The molecule has 2 N–H and O–H groups in total. The fourth-order valence-electron chi connectivity index (χ4n) is 1.81. The van der Waals surface area contributed by atoms with Gasteiger partial charge in [-0.05, 0) is 25.0 Å². The number of nitrogens with one attached hydrogen (secondary N) is 2. The average Bonchev–Trinajstić information content (AvgIpc) is 2.48. The summed E-state index contributed by atoms with van der Waals surface area (Å²) in [5.74, 6) is 1.75. The highest BCUT2D eigenvalue weighted by Crippen LogP contribution is 2.17. The molecular formula is C15H26IN3O2. The van der Waals surface area contributed by atoms with E-state index in [-0.39, 0.29) is 24.0 Å². The summed E-state index contributed by atoms with van der Waals surface area (Å²) in [6.45, 7) is 4.89. The summed E-state index contributed by atoms with van der Waals surface area (Å²) >= 11 is 0. The Labute approximate surface area is 144 Å². The van der Waals surface area contributed by atoms with Gasteiger partial charge in [0, 0.05) is 27.2 Å². The van der Waals surface area contributed by atoms with E-state index >= 15 is 0 Å². The number of hydrogen-bond donors (Lipinski definition) is 2.